The van der Waals surface area contributed by atoms with Crippen LogP contribution in [0.1, 0.15) is 42.6 Å². The van der Waals surface area contributed by atoms with Crippen LogP contribution in [0, 0.1) is 5.41 Å². The number of hydrogen-bond donors (Lipinski definition) is 0. The molecule has 0 N–H and O–H groups in total. The van der Waals surface area contributed by atoms with Crippen molar-refractivity contribution < 1.29 is 18.8 Å². The molecule has 3 saturated heterocycles. The van der Waals surface area contributed by atoms with Gasteiger partial charge in [-0.2, -0.15) is 0 Å². The van der Waals surface area contributed by atoms with Gasteiger partial charge in [0, 0.05) is 45.0 Å². The maximum absolute atomic E-state index is 13.2. The van der Waals surface area contributed by atoms with Gasteiger partial charge in [-0.3, -0.25) is 9.59 Å². The number of rotatable bonds is 2. The van der Waals surface area contributed by atoms with Crippen molar-refractivity contribution in [3.8, 4) is 0 Å². The molecule has 3 aliphatic heterocycles. The van der Waals surface area contributed by atoms with Gasteiger partial charge in [-0.25, -0.2) is 0 Å². The molecule has 130 valence electrons. The Hall–Kier alpha value is -1.89. The van der Waals surface area contributed by atoms with E-state index in [0.717, 1.165) is 51.9 Å². The first-order chi connectivity index (χ1) is 11.7. The molecule has 4 heterocycles. The first-order valence-corrected chi connectivity index (χ1v) is 8.78. The molecule has 0 unspecified atom stereocenters. The third-order valence-electron chi connectivity index (χ3n) is 5.70. The third-order valence-corrected chi connectivity index (χ3v) is 5.70. The van der Waals surface area contributed by atoms with E-state index in [9.17, 15) is 9.59 Å². The predicted molar refractivity (Wildman–Crippen MR) is 84.2 cm³/mol. The highest BCUT2D eigenvalue weighted by molar-refractivity contribution is 5.93. The summed E-state index contributed by atoms with van der Waals surface area (Å²) in [5, 5.41) is 3.73. The van der Waals surface area contributed by atoms with E-state index in [4.69, 9.17) is 9.26 Å². The number of nitrogens with zero attached hydrogens (tertiary/aromatic N) is 3. The van der Waals surface area contributed by atoms with Gasteiger partial charge in [0.15, 0.2) is 5.69 Å². The summed E-state index contributed by atoms with van der Waals surface area (Å²) in [5.74, 6) is 0.0905. The van der Waals surface area contributed by atoms with E-state index in [1.165, 1.54) is 6.26 Å². The number of carbonyl (C=O) groups is 2. The fourth-order valence-corrected chi connectivity index (χ4v) is 4.36. The van der Waals surface area contributed by atoms with Crippen LogP contribution in [-0.4, -0.2) is 65.7 Å². The Morgan fingerprint density at radius 3 is 2.83 bits per heavy atom. The van der Waals surface area contributed by atoms with Gasteiger partial charge < -0.3 is 19.1 Å². The largest absolute Gasteiger partial charge is 0.381 e. The molecule has 2 amide bonds. The summed E-state index contributed by atoms with van der Waals surface area (Å²) in [6.45, 7) is 3.41. The molecule has 1 aromatic rings. The van der Waals surface area contributed by atoms with Crippen molar-refractivity contribution in [1.82, 2.24) is 15.0 Å². The Morgan fingerprint density at radius 2 is 2.08 bits per heavy atom. The lowest BCUT2D eigenvalue weighted by molar-refractivity contribution is -0.150. The number of amides is 2. The van der Waals surface area contributed by atoms with Crippen LogP contribution in [-0.2, 0) is 9.53 Å². The first kappa shape index (κ1) is 15.6. The lowest BCUT2D eigenvalue weighted by Crippen LogP contribution is -2.55. The Bertz CT molecular complexity index is 611. The van der Waals surface area contributed by atoms with Gasteiger partial charge in [0.05, 0.1) is 5.41 Å². The molecular weight excluding hydrogens is 310 g/mol. The first-order valence-electron chi connectivity index (χ1n) is 8.78. The summed E-state index contributed by atoms with van der Waals surface area (Å²) in [6.07, 6.45) is 5.86. The molecule has 0 radical (unpaired) electrons. The lowest BCUT2D eigenvalue weighted by Gasteiger charge is -2.44. The minimum atomic E-state index is -0.407. The Morgan fingerprint density at radius 1 is 1.25 bits per heavy atom. The van der Waals surface area contributed by atoms with Gasteiger partial charge in [0.25, 0.3) is 5.91 Å². The van der Waals surface area contributed by atoms with E-state index in [0.29, 0.717) is 24.8 Å². The van der Waals surface area contributed by atoms with E-state index in [-0.39, 0.29) is 11.8 Å². The zero-order valence-electron chi connectivity index (χ0n) is 13.8. The Kier molecular flexibility index (Phi) is 4.04. The van der Waals surface area contributed by atoms with Gasteiger partial charge in [-0.15, -0.1) is 0 Å². The van der Waals surface area contributed by atoms with E-state index in [1.54, 1.807) is 11.0 Å². The van der Waals surface area contributed by atoms with Crippen LogP contribution >= 0.6 is 0 Å². The van der Waals surface area contributed by atoms with Gasteiger partial charge in [0.2, 0.25) is 5.91 Å². The van der Waals surface area contributed by atoms with Crippen molar-refractivity contribution >= 4 is 11.8 Å². The molecule has 1 spiro atoms. The van der Waals surface area contributed by atoms with Crippen molar-refractivity contribution in [2.45, 2.75) is 38.1 Å². The standard InChI is InChI=1S/C17H23N3O4/c21-15(14-4-11-24-18-14)19-8-6-17(12-19)5-1-7-20(16(17)22)13-2-9-23-10-3-13/h4,11,13H,1-3,5-10,12H2/t17-/m0/s1. The fourth-order valence-electron chi connectivity index (χ4n) is 4.36. The summed E-state index contributed by atoms with van der Waals surface area (Å²) < 4.78 is 10.2. The van der Waals surface area contributed by atoms with Crippen molar-refractivity contribution in [1.29, 1.82) is 0 Å². The van der Waals surface area contributed by atoms with E-state index in [1.807, 2.05) is 0 Å². The second-order valence-corrected chi connectivity index (χ2v) is 7.09. The van der Waals surface area contributed by atoms with Gasteiger partial charge >= 0.3 is 0 Å². The molecule has 3 aliphatic rings. The van der Waals surface area contributed by atoms with E-state index >= 15 is 0 Å². The fraction of sp³-hybridized carbons (Fsp3) is 0.706. The van der Waals surface area contributed by atoms with Crippen LogP contribution in [0.5, 0.6) is 0 Å². The lowest BCUT2D eigenvalue weighted by atomic mass is 9.77. The molecule has 7 nitrogen and oxygen atoms in total. The van der Waals surface area contributed by atoms with Crippen LogP contribution in [0.3, 0.4) is 0 Å². The second-order valence-electron chi connectivity index (χ2n) is 7.09. The molecule has 3 fully saturated rings. The van der Waals surface area contributed by atoms with Gasteiger partial charge in [-0.05, 0) is 32.1 Å². The van der Waals surface area contributed by atoms with Crippen molar-refractivity contribution in [2.24, 2.45) is 5.41 Å². The third kappa shape index (κ3) is 2.60. The van der Waals surface area contributed by atoms with Crippen LogP contribution < -0.4 is 0 Å². The molecule has 0 bridgehead atoms. The van der Waals surface area contributed by atoms with Crippen LogP contribution in [0.4, 0.5) is 0 Å². The van der Waals surface area contributed by atoms with Crippen LogP contribution in [0.25, 0.3) is 0 Å². The summed E-state index contributed by atoms with van der Waals surface area (Å²) in [6, 6.07) is 1.87. The normalized spacial score (nSPS) is 28.8. The quantitative estimate of drug-likeness (QED) is 0.815. The molecule has 1 aromatic heterocycles. The number of carbonyl (C=O) groups excluding carboxylic acids is 2. The number of hydrogen-bond acceptors (Lipinski definition) is 5. The van der Waals surface area contributed by atoms with Crippen LogP contribution in [0.2, 0.25) is 0 Å². The molecule has 0 saturated carbocycles. The number of ether oxygens (including phenoxy) is 1. The minimum Gasteiger partial charge on any atom is -0.381 e. The Balaban J connectivity index is 1.48. The molecule has 0 aromatic carbocycles. The number of piperidine rings is 1. The zero-order chi connectivity index (χ0) is 16.6. The minimum absolute atomic E-state index is 0.142. The summed E-state index contributed by atoms with van der Waals surface area (Å²) in [5.41, 5.74) is -0.0905. The molecule has 4 rings (SSSR count). The highest BCUT2D eigenvalue weighted by Gasteiger charge is 2.50. The van der Waals surface area contributed by atoms with E-state index < -0.39 is 5.41 Å². The van der Waals surface area contributed by atoms with Crippen molar-refractivity contribution in [2.75, 3.05) is 32.8 Å². The maximum Gasteiger partial charge on any atom is 0.276 e. The van der Waals surface area contributed by atoms with Gasteiger partial charge in [0.1, 0.15) is 6.26 Å². The van der Waals surface area contributed by atoms with Crippen molar-refractivity contribution in [3.05, 3.63) is 18.0 Å². The maximum atomic E-state index is 13.2. The number of likely N-dealkylation sites (tertiary alicyclic amines) is 2. The van der Waals surface area contributed by atoms with Gasteiger partial charge in [-0.1, -0.05) is 5.16 Å². The smallest absolute Gasteiger partial charge is 0.276 e. The predicted octanol–water partition coefficient (Wildman–Crippen LogP) is 1.31. The van der Waals surface area contributed by atoms with Crippen LogP contribution in [0.15, 0.2) is 16.9 Å². The highest BCUT2D eigenvalue weighted by Crippen LogP contribution is 2.41. The Labute approximate surface area is 140 Å². The monoisotopic (exact) mass is 333 g/mol. The molecular formula is C17H23N3O4. The molecule has 1 atom stereocenters. The number of aromatic nitrogens is 1. The average Bonchev–Trinajstić information content (AvgIpc) is 3.29. The summed E-state index contributed by atoms with van der Waals surface area (Å²) in [7, 11) is 0. The molecule has 0 aliphatic carbocycles. The summed E-state index contributed by atoms with van der Waals surface area (Å²) in [4.78, 5) is 29.5. The second kappa shape index (κ2) is 6.20. The molecule has 7 heteroatoms. The SMILES string of the molecule is O=C(c1ccon1)N1CC[C@@]2(CCCN(C3CCOCC3)C2=O)C1. The highest BCUT2D eigenvalue weighted by atomic mass is 16.5. The van der Waals surface area contributed by atoms with E-state index in [2.05, 4.69) is 10.1 Å². The zero-order valence-corrected chi connectivity index (χ0v) is 13.8. The summed E-state index contributed by atoms with van der Waals surface area (Å²) >= 11 is 0. The molecule has 24 heavy (non-hydrogen) atoms. The topological polar surface area (TPSA) is 75.9 Å². The van der Waals surface area contributed by atoms with Crippen molar-refractivity contribution in [3.63, 3.8) is 0 Å². The average molecular weight is 333 g/mol.